The lowest BCUT2D eigenvalue weighted by atomic mass is 9.93. The molecule has 0 aliphatic carbocycles. The molecule has 19 heavy (non-hydrogen) atoms. The molecule has 1 saturated heterocycles. The second-order valence-electron chi connectivity index (χ2n) is 5.65. The van der Waals surface area contributed by atoms with E-state index in [-0.39, 0.29) is 5.91 Å². The zero-order chi connectivity index (χ0) is 13.7. The number of hydrogen-bond donors (Lipinski definition) is 2. The number of nitrogens with one attached hydrogen (secondary N) is 2. The molecule has 1 aliphatic rings. The fourth-order valence-electron chi connectivity index (χ4n) is 2.56. The summed E-state index contributed by atoms with van der Waals surface area (Å²) in [5.41, 5.74) is 2.30. The Bertz CT molecular complexity index is 413. The van der Waals surface area contributed by atoms with Crippen LogP contribution in [0.25, 0.3) is 0 Å². The minimum absolute atomic E-state index is 0.114. The average Bonchev–Trinajstić information content (AvgIpc) is 2.40. The molecule has 3 heteroatoms. The number of rotatable bonds is 4. The molecule has 1 heterocycles. The van der Waals surface area contributed by atoms with E-state index in [1.807, 2.05) is 24.3 Å². The van der Waals surface area contributed by atoms with Crippen LogP contribution in [0.5, 0.6) is 0 Å². The Morgan fingerprint density at radius 2 is 2.11 bits per heavy atom. The Morgan fingerprint density at radius 3 is 2.79 bits per heavy atom. The molecule has 0 spiro atoms. The van der Waals surface area contributed by atoms with Gasteiger partial charge < -0.3 is 10.6 Å². The van der Waals surface area contributed by atoms with Crippen molar-refractivity contribution in [1.82, 2.24) is 10.6 Å². The minimum Gasteiger partial charge on any atom is -0.354 e. The highest BCUT2D eigenvalue weighted by molar-refractivity contribution is 5.78. The van der Waals surface area contributed by atoms with Gasteiger partial charge in [0, 0.05) is 12.6 Å². The van der Waals surface area contributed by atoms with Crippen LogP contribution < -0.4 is 10.6 Å². The minimum atomic E-state index is 0.114. The third-order valence-corrected chi connectivity index (χ3v) is 3.93. The SMILES string of the molecule is Cc1ccc(CC(=O)NCC2NCCCC2C)cc1. The first-order valence-electron chi connectivity index (χ1n) is 7.21. The van der Waals surface area contributed by atoms with Crippen molar-refractivity contribution in [3.05, 3.63) is 35.4 Å². The van der Waals surface area contributed by atoms with E-state index in [4.69, 9.17) is 0 Å². The quantitative estimate of drug-likeness (QED) is 0.870. The molecule has 104 valence electrons. The van der Waals surface area contributed by atoms with Crippen molar-refractivity contribution in [2.75, 3.05) is 13.1 Å². The summed E-state index contributed by atoms with van der Waals surface area (Å²) < 4.78 is 0. The van der Waals surface area contributed by atoms with Gasteiger partial charge in [0.05, 0.1) is 6.42 Å². The number of hydrogen-bond acceptors (Lipinski definition) is 2. The van der Waals surface area contributed by atoms with Crippen LogP contribution in [0.2, 0.25) is 0 Å². The van der Waals surface area contributed by atoms with Crippen molar-refractivity contribution in [3.8, 4) is 0 Å². The van der Waals surface area contributed by atoms with Crippen LogP contribution in [0.3, 0.4) is 0 Å². The lowest BCUT2D eigenvalue weighted by Gasteiger charge is -2.30. The number of aryl methyl sites for hydroxylation is 1. The van der Waals surface area contributed by atoms with E-state index in [1.165, 1.54) is 18.4 Å². The number of carbonyl (C=O) groups is 1. The maximum Gasteiger partial charge on any atom is 0.224 e. The molecule has 2 rings (SSSR count). The summed E-state index contributed by atoms with van der Waals surface area (Å²) in [6.07, 6.45) is 2.97. The van der Waals surface area contributed by atoms with E-state index in [0.717, 1.165) is 18.7 Å². The normalized spacial score (nSPS) is 23.1. The molecule has 1 aromatic rings. The van der Waals surface area contributed by atoms with Gasteiger partial charge in [0.15, 0.2) is 0 Å². The number of amides is 1. The van der Waals surface area contributed by atoms with Gasteiger partial charge in [0.2, 0.25) is 5.91 Å². The van der Waals surface area contributed by atoms with Gasteiger partial charge >= 0.3 is 0 Å². The molecule has 0 bridgehead atoms. The third kappa shape index (κ3) is 4.35. The van der Waals surface area contributed by atoms with Gasteiger partial charge in [-0.05, 0) is 37.8 Å². The van der Waals surface area contributed by atoms with Crippen molar-refractivity contribution in [3.63, 3.8) is 0 Å². The largest absolute Gasteiger partial charge is 0.354 e. The molecule has 1 fully saturated rings. The van der Waals surface area contributed by atoms with Gasteiger partial charge in [-0.1, -0.05) is 36.8 Å². The van der Waals surface area contributed by atoms with Gasteiger partial charge in [-0.15, -0.1) is 0 Å². The Morgan fingerprint density at radius 1 is 1.37 bits per heavy atom. The first kappa shape index (κ1) is 14.1. The van der Waals surface area contributed by atoms with Crippen molar-refractivity contribution in [1.29, 1.82) is 0 Å². The predicted molar refractivity (Wildman–Crippen MR) is 78.1 cm³/mol. The summed E-state index contributed by atoms with van der Waals surface area (Å²) in [7, 11) is 0. The van der Waals surface area contributed by atoms with Crippen LogP contribution in [0.4, 0.5) is 0 Å². The Kier molecular flexibility index (Phi) is 4.97. The first-order chi connectivity index (χ1) is 9.15. The molecule has 0 aromatic heterocycles. The maximum absolute atomic E-state index is 11.9. The van der Waals surface area contributed by atoms with Crippen molar-refractivity contribution >= 4 is 5.91 Å². The number of benzene rings is 1. The standard InChI is InChI=1S/C16H24N2O/c1-12-5-7-14(8-6-12)10-16(19)18-11-15-13(2)4-3-9-17-15/h5-8,13,15,17H,3-4,9-11H2,1-2H3,(H,18,19). The van der Waals surface area contributed by atoms with Crippen LogP contribution in [-0.4, -0.2) is 25.0 Å². The topological polar surface area (TPSA) is 41.1 Å². The Hall–Kier alpha value is -1.35. The molecule has 0 saturated carbocycles. The van der Waals surface area contributed by atoms with Gasteiger partial charge in [-0.25, -0.2) is 0 Å². The zero-order valence-corrected chi connectivity index (χ0v) is 11.9. The zero-order valence-electron chi connectivity index (χ0n) is 11.9. The Balaban J connectivity index is 1.76. The van der Waals surface area contributed by atoms with Crippen LogP contribution in [0.1, 0.15) is 30.9 Å². The molecule has 1 aliphatic heterocycles. The summed E-state index contributed by atoms with van der Waals surface area (Å²) in [5, 5.41) is 6.53. The van der Waals surface area contributed by atoms with Crippen LogP contribution >= 0.6 is 0 Å². The number of piperidine rings is 1. The van der Waals surface area contributed by atoms with Gasteiger partial charge in [-0.3, -0.25) is 4.79 Å². The molecule has 2 N–H and O–H groups in total. The second kappa shape index (κ2) is 6.71. The predicted octanol–water partition coefficient (Wildman–Crippen LogP) is 2.04. The first-order valence-corrected chi connectivity index (χ1v) is 7.21. The fourth-order valence-corrected chi connectivity index (χ4v) is 2.56. The van der Waals surface area contributed by atoms with Gasteiger partial charge in [0.1, 0.15) is 0 Å². The molecular formula is C16H24N2O. The summed E-state index contributed by atoms with van der Waals surface area (Å²) in [5.74, 6) is 0.761. The van der Waals surface area contributed by atoms with Gasteiger partial charge in [-0.2, -0.15) is 0 Å². The third-order valence-electron chi connectivity index (χ3n) is 3.93. The van der Waals surface area contributed by atoms with E-state index >= 15 is 0 Å². The average molecular weight is 260 g/mol. The van der Waals surface area contributed by atoms with Crippen molar-refractivity contribution in [2.45, 2.75) is 39.2 Å². The smallest absolute Gasteiger partial charge is 0.224 e. The highest BCUT2D eigenvalue weighted by Crippen LogP contribution is 2.14. The molecular weight excluding hydrogens is 236 g/mol. The van der Waals surface area contributed by atoms with E-state index in [2.05, 4.69) is 24.5 Å². The molecule has 1 aromatic carbocycles. The lowest BCUT2D eigenvalue weighted by Crippen LogP contribution is -2.48. The van der Waals surface area contributed by atoms with Crippen molar-refractivity contribution < 1.29 is 4.79 Å². The fraction of sp³-hybridized carbons (Fsp3) is 0.562. The molecule has 2 unspecified atom stereocenters. The van der Waals surface area contributed by atoms with Gasteiger partial charge in [0.25, 0.3) is 0 Å². The molecule has 0 radical (unpaired) electrons. The summed E-state index contributed by atoms with van der Waals surface area (Å²) in [4.78, 5) is 11.9. The monoisotopic (exact) mass is 260 g/mol. The highest BCUT2D eigenvalue weighted by atomic mass is 16.1. The van der Waals surface area contributed by atoms with E-state index < -0.39 is 0 Å². The van der Waals surface area contributed by atoms with Crippen LogP contribution in [0, 0.1) is 12.8 Å². The van der Waals surface area contributed by atoms with E-state index in [1.54, 1.807) is 0 Å². The maximum atomic E-state index is 11.9. The second-order valence-corrected chi connectivity index (χ2v) is 5.65. The number of carbonyl (C=O) groups excluding carboxylic acids is 1. The Labute approximate surface area is 115 Å². The van der Waals surface area contributed by atoms with E-state index in [9.17, 15) is 4.79 Å². The molecule has 2 atom stereocenters. The van der Waals surface area contributed by atoms with Crippen LogP contribution in [0.15, 0.2) is 24.3 Å². The van der Waals surface area contributed by atoms with Crippen molar-refractivity contribution in [2.24, 2.45) is 5.92 Å². The van der Waals surface area contributed by atoms with Crippen LogP contribution in [-0.2, 0) is 11.2 Å². The molecule has 1 amide bonds. The molecule has 3 nitrogen and oxygen atoms in total. The summed E-state index contributed by atoms with van der Waals surface area (Å²) >= 11 is 0. The summed E-state index contributed by atoms with van der Waals surface area (Å²) in [6, 6.07) is 8.57. The lowest BCUT2D eigenvalue weighted by molar-refractivity contribution is -0.120. The highest BCUT2D eigenvalue weighted by Gasteiger charge is 2.20. The summed E-state index contributed by atoms with van der Waals surface area (Å²) in [6.45, 7) is 6.12. The van der Waals surface area contributed by atoms with E-state index in [0.29, 0.717) is 18.4 Å².